The van der Waals surface area contributed by atoms with Gasteiger partial charge in [-0.15, -0.1) is 0 Å². The van der Waals surface area contributed by atoms with Crippen LogP contribution in [0.3, 0.4) is 0 Å². The van der Waals surface area contributed by atoms with Crippen LogP contribution in [0.4, 0.5) is 0 Å². The van der Waals surface area contributed by atoms with Crippen LogP contribution in [0.15, 0.2) is 0 Å². The number of rotatable bonds is 2. The van der Waals surface area contributed by atoms with Gasteiger partial charge in [0, 0.05) is 6.42 Å². The summed E-state index contributed by atoms with van der Waals surface area (Å²) >= 11 is 0. The average Bonchev–Trinajstić information content (AvgIpc) is 2.10. The van der Waals surface area contributed by atoms with Gasteiger partial charge >= 0.3 is 0 Å². The first kappa shape index (κ1) is 10.8. The number of ether oxygens (including phenoxy) is 1. The van der Waals surface area contributed by atoms with Crippen LogP contribution in [-0.2, 0) is 4.74 Å². The number of hydrogen-bond donors (Lipinski definition) is 5. The van der Waals surface area contributed by atoms with Crippen molar-refractivity contribution in [3.63, 3.8) is 0 Å². The minimum Gasteiger partial charge on any atom is -0.394 e. The van der Waals surface area contributed by atoms with E-state index in [0.717, 1.165) is 0 Å². The Balaban J connectivity index is 2.60. The predicted molar refractivity (Wildman–Crippen MR) is 40.6 cm³/mol. The van der Waals surface area contributed by atoms with E-state index in [1.807, 2.05) is 0 Å². The Labute approximate surface area is 75.0 Å². The summed E-state index contributed by atoms with van der Waals surface area (Å²) in [4.78, 5) is 0. The molecule has 1 aliphatic heterocycles. The second kappa shape index (κ2) is 4.32. The zero-order chi connectivity index (χ0) is 10.0. The monoisotopic (exact) mass is 194 g/mol. The molecule has 0 unspecified atom stereocenters. The van der Waals surface area contributed by atoms with Gasteiger partial charge in [0.1, 0.15) is 18.3 Å². The molecule has 1 fully saturated rings. The van der Waals surface area contributed by atoms with Gasteiger partial charge < -0.3 is 30.3 Å². The first-order valence-corrected chi connectivity index (χ1v) is 4.05. The topological polar surface area (TPSA) is 110 Å². The quantitative estimate of drug-likeness (QED) is 0.324. The zero-order valence-corrected chi connectivity index (χ0v) is 6.95. The van der Waals surface area contributed by atoms with E-state index in [1.165, 1.54) is 0 Å². The third kappa shape index (κ3) is 2.37. The molecule has 1 rings (SSSR count). The number of aliphatic hydroxyl groups is 5. The lowest BCUT2D eigenvalue weighted by atomic mass is 9.98. The fraction of sp³-hybridized carbons (Fsp3) is 1.00. The molecule has 0 aromatic heterocycles. The van der Waals surface area contributed by atoms with Crippen LogP contribution < -0.4 is 0 Å². The predicted octanol–water partition coefficient (Wildman–Crippen LogP) is -2.83. The van der Waals surface area contributed by atoms with Gasteiger partial charge in [0.05, 0.1) is 12.7 Å². The maximum absolute atomic E-state index is 9.30. The van der Waals surface area contributed by atoms with Crippen molar-refractivity contribution in [3.8, 4) is 0 Å². The third-order valence-electron chi connectivity index (χ3n) is 2.05. The van der Waals surface area contributed by atoms with Gasteiger partial charge in [-0.25, -0.2) is 0 Å². The van der Waals surface area contributed by atoms with E-state index >= 15 is 0 Å². The summed E-state index contributed by atoms with van der Waals surface area (Å²) < 4.78 is 4.76. The molecule has 0 amide bonds. The van der Waals surface area contributed by atoms with Crippen molar-refractivity contribution in [1.29, 1.82) is 0 Å². The van der Waals surface area contributed by atoms with Crippen LogP contribution in [0.25, 0.3) is 0 Å². The van der Waals surface area contributed by atoms with Crippen LogP contribution in [0.5, 0.6) is 0 Å². The number of aliphatic hydroxyl groups excluding tert-OH is 5. The maximum atomic E-state index is 9.30. The molecule has 0 radical (unpaired) electrons. The maximum Gasteiger partial charge on any atom is 0.157 e. The van der Waals surface area contributed by atoms with Crippen molar-refractivity contribution >= 4 is 0 Å². The van der Waals surface area contributed by atoms with E-state index in [2.05, 4.69) is 0 Å². The summed E-state index contributed by atoms with van der Waals surface area (Å²) in [5.41, 5.74) is 0. The van der Waals surface area contributed by atoms with Gasteiger partial charge in [0.15, 0.2) is 6.29 Å². The summed E-state index contributed by atoms with van der Waals surface area (Å²) in [6, 6.07) is 0. The molecule has 78 valence electrons. The van der Waals surface area contributed by atoms with Gasteiger partial charge in [-0.1, -0.05) is 0 Å². The molecular formula is C7H14O6. The lowest BCUT2D eigenvalue weighted by Gasteiger charge is -2.36. The molecule has 1 saturated heterocycles. The van der Waals surface area contributed by atoms with Crippen LogP contribution in [0, 0.1) is 0 Å². The van der Waals surface area contributed by atoms with Crippen molar-refractivity contribution in [2.75, 3.05) is 6.61 Å². The van der Waals surface area contributed by atoms with E-state index in [4.69, 9.17) is 20.1 Å². The Morgan fingerprint density at radius 2 is 1.92 bits per heavy atom. The van der Waals surface area contributed by atoms with Crippen LogP contribution >= 0.6 is 0 Å². The van der Waals surface area contributed by atoms with E-state index < -0.39 is 37.3 Å². The molecule has 0 aliphatic carbocycles. The number of hydrogen-bond acceptors (Lipinski definition) is 6. The van der Waals surface area contributed by atoms with E-state index in [0.29, 0.717) is 0 Å². The van der Waals surface area contributed by atoms with Gasteiger partial charge in [0.25, 0.3) is 0 Å². The van der Waals surface area contributed by atoms with Crippen molar-refractivity contribution in [2.24, 2.45) is 0 Å². The molecule has 1 heterocycles. The highest BCUT2D eigenvalue weighted by Crippen LogP contribution is 2.21. The standard InChI is InChI=1S/C7H14O6/c8-2-4(10)7-6(12)3(9)1-5(11)13-7/h3-12H,1-2H2/t3-,4-,5-,6-,7-/m1/s1. The smallest absolute Gasteiger partial charge is 0.157 e. The molecule has 6 heteroatoms. The molecule has 0 bridgehead atoms. The summed E-state index contributed by atoms with van der Waals surface area (Å²) in [5, 5.41) is 45.2. The van der Waals surface area contributed by atoms with Crippen molar-refractivity contribution < 1.29 is 30.3 Å². The van der Waals surface area contributed by atoms with Crippen LogP contribution in [0.1, 0.15) is 6.42 Å². The van der Waals surface area contributed by atoms with Crippen LogP contribution in [-0.4, -0.2) is 62.8 Å². The lowest BCUT2D eigenvalue weighted by Crippen LogP contribution is -2.54. The first-order valence-electron chi connectivity index (χ1n) is 4.05. The molecular weight excluding hydrogens is 180 g/mol. The minimum absolute atomic E-state index is 0.101. The molecule has 1 aliphatic rings. The lowest BCUT2D eigenvalue weighted by molar-refractivity contribution is -0.256. The normalized spacial score (nSPS) is 43.2. The van der Waals surface area contributed by atoms with Crippen molar-refractivity contribution in [2.45, 2.75) is 37.1 Å². The Kier molecular flexibility index (Phi) is 3.60. The second-order valence-corrected chi connectivity index (χ2v) is 3.10. The Morgan fingerprint density at radius 1 is 1.31 bits per heavy atom. The average molecular weight is 194 g/mol. The highest BCUT2D eigenvalue weighted by atomic mass is 16.6. The largest absolute Gasteiger partial charge is 0.394 e. The third-order valence-corrected chi connectivity index (χ3v) is 2.05. The second-order valence-electron chi connectivity index (χ2n) is 3.10. The Morgan fingerprint density at radius 3 is 2.46 bits per heavy atom. The summed E-state index contributed by atoms with van der Waals surface area (Å²) in [6.45, 7) is -0.596. The van der Waals surface area contributed by atoms with E-state index in [1.54, 1.807) is 0 Å². The molecule has 0 aromatic rings. The van der Waals surface area contributed by atoms with E-state index in [-0.39, 0.29) is 6.42 Å². The minimum atomic E-state index is -1.31. The van der Waals surface area contributed by atoms with Crippen molar-refractivity contribution in [3.05, 3.63) is 0 Å². The molecule has 0 saturated carbocycles. The highest BCUT2D eigenvalue weighted by molar-refractivity contribution is 4.86. The molecule has 13 heavy (non-hydrogen) atoms. The summed E-state index contributed by atoms with van der Waals surface area (Å²) in [5.74, 6) is 0. The Hall–Kier alpha value is -0.240. The molecule has 5 N–H and O–H groups in total. The fourth-order valence-electron chi connectivity index (χ4n) is 1.30. The van der Waals surface area contributed by atoms with Gasteiger partial charge in [-0.3, -0.25) is 0 Å². The highest BCUT2D eigenvalue weighted by Gasteiger charge is 2.39. The van der Waals surface area contributed by atoms with E-state index in [9.17, 15) is 10.2 Å². The van der Waals surface area contributed by atoms with Gasteiger partial charge in [0.2, 0.25) is 0 Å². The summed E-state index contributed by atoms with van der Waals surface area (Å²) in [7, 11) is 0. The van der Waals surface area contributed by atoms with Crippen LogP contribution in [0.2, 0.25) is 0 Å². The molecule has 6 nitrogen and oxygen atoms in total. The molecule has 5 atom stereocenters. The SMILES string of the molecule is OC[C@@H](O)[C@H]1O[C@@H](O)C[C@@H](O)[C@H]1O. The Bertz CT molecular complexity index is 163. The summed E-state index contributed by atoms with van der Waals surface area (Å²) in [6.07, 6.45) is -6.20. The fourth-order valence-corrected chi connectivity index (χ4v) is 1.30. The van der Waals surface area contributed by atoms with Gasteiger partial charge in [-0.05, 0) is 0 Å². The van der Waals surface area contributed by atoms with Crippen molar-refractivity contribution in [1.82, 2.24) is 0 Å². The molecule has 0 aromatic carbocycles. The van der Waals surface area contributed by atoms with Gasteiger partial charge in [-0.2, -0.15) is 0 Å². The first-order chi connectivity index (χ1) is 6.06. The molecule has 0 spiro atoms. The zero-order valence-electron chi connectivity index (χ0n) is 6.95.